The fourth-order valence-corrected chi connectivity index (χ4v) is 3.32. The second kappa shape index (κ2) is 9.84. The molecule has 1 aliphatic heterocycles. The topological polar surface area (TPSA) is 122 Å². The predicted molar refractivity (Wildman–Crippen MR) is 109 cm³/mol. The van der Waals surface area contributed by atoms with Crippen LogP contribution in [-0.2, 0) is 9.53 Å². The van der Waals surface area contributed by atoms with Crippen LogP contribution >= 0.6 is 0 Å². The summed E-state index contributed by atoms with van der Waals surface area (Å²) in [6.45, 7) is 1.15. The summed E-state index contributed by atoms with van der Waals surface area (Å²) in [6.07, 6.45) is 0.629. The average Bonchev–Trinajstić information content (AvgIpc) is 3.31. The molecule has 1 atom stereocenters. The zero-order valence-corrected chi connectivity index (χ0v) is 16.3. The minimum Gasteiger partial charge on any atom is -0.444 e. The van der Waals surface area contributed by atoms with Gasteiger partial charge in [-0.25, -0.2) is 4.79 Å². The van der Waals surface area contributed by atoms with Crippen molar-refractivity contribution in [3.63, 3.8) is 0 Å². The number of non-ortho nitro benzene ring substituents is 1. The number of ether oxygens (including phenoxy) is 1. The molecule has 1 fully saturated rings. The van der Waals surface area contributed by atoms with E-state index in [4.69, 9.17) is 9.84 Å². The Labute approximate surface area is 173 Å². The van der Waals surface area contributed by atoms with Crippen molar-refractivity contribution in [1.29, 1.82) is 0 Å². The van der Waals surface area contributed by atoms with E-state index < -0.39 is 17.0 Å². The largest absolute Gasteiger partial charge is 0.444 e. The molecule has 158 valence electrons. The molecule has 0 aliphatic carbocycles. The second-order valence-electron chi connectivity index (χ2n) is 6.87. The molecular weight excluding hydrogens is 390 g/mol. The molecule has 0 radical (unpaired) electrons. The smallest absolute Gasteiger partial charge is 0.341 e. The van der Waals surface area contributed by atoms with Crippen molar-refractivity contribution < 1.29 is 24.4 Å². The highest BCUT2D eigenvalue weighted by Crippen LogP contribution is 2.28. The number of nitrogens with one attached hydrogen (secondary N) is 1. The zero-order chi connectivity index (χ0) is 21.5. The Morgan fingerprint density at radius 3 is 2.50 bits per heavy atom. The summed E-state index contributed by atoms with van der Waals surface area (Å²) >= 11 is 0. The van der Waals surface area contributed by atoms with Gasteiger partial charge in [0.1, 0.15) is 0 Å². The first-order valence-corrected chi connectivity index (χ1v) is 9.69. The van der Waals surface area contributed by atoms with Gasteiger partial charge in [0.2, 0.25) is 6.10 Å². The lowest BCUT2D eigenvalue weighted by Gasteiger charge is -2.24. The Bertz CT molecular complexity index is 912. The number of carbonyl (C=O) groups is 2. The summed E-state index contributed by atoms with van der Waals surface area (Å²) in [7, 11) is 0. The van der Waals surface area contributed by atoms with Crippen LogP contribution in [0.4, 0.5) is 11.4 Å². The zero-order valence-electron chi connectivity index (χ0n) is 16.3. The van der Waals surface area contributed by atoms with Crippen LogP contribution < -0.4 is 5.32 Å². The molecule has 0 aromatic heterocycles. The van der Waals surface area contributed by atoms with E-state index in [9.17, 15) is 19.7 Å². The van der Waals surface area contributed by atoms with Gasteiger partial charge in [-0.3, -0.25) is 14.9 Å². The number of anilines is 1. The molecule has 1 aliphatic rings. The van der Waals surface area contributed by atoms with Gasteiger partial charge >= 0.3 is 5.97 Å². The van der Waals surface area contributed by atoms with Crippen LogP contribution in [0.3, 0.4) is 0 Å². The lowest BCUT2D eigenvalue weighted by molar-refractivity contribution is -0.384. The van der Waals surface area contributed by atoms with Crippen molar-refractivity contribution in [2.24, 2.45) is 0 Å². The second-order valence-corrected chi connectivity index (χ2v) is 6.87. The van der Waals surface area contributed by atoms with Crippen LogP contribution in [0.5, 0.6) is 0 Å². The molecular formula is C21H23N3O6. The van der Waals surface area contributed by atoms with Gasteiger partial charge in [-0.1, -0.05) is 30.3 Å². The SMILES string of the molecule is O=C(O[C@@H](C(=O)N1CCCC1)c1ccccc1)c1cc([N+](=O)[O-])ccc1NCCO. The highest BCUT2D eigenvalue weighted by atomic mass is 16.6. The van der Waals surface area contributed by atoms with Crippen molar-refractivity contribution in [2.45, 2.75) is 18.9 Å². The Balaban J connectivity index is 1.92. The number of aliphatic hydroxyl groups excluding tert-OH is 1. The number of likely N-dealkylation sites (tertiary alicyclic amines) is 1. The maximum atomic E-state index is 13.0. The molecule has 2 aromatic carbocycles. The molecule has 3 rings (SSSR count). The molecule has 0 unspecified atom stereocenters. The van der Waals surface area contributed by atoms with E-state index in [1.807, 2.05) is 0 Å². The summed E-state index contributed by atoms with van der Waals surface area (Å²) in [5.41, 5.74) is 0.449. The van der Waals surface area contributed by atoms with Gasteiger partial charge in [-0.15, -0.1) is 0 Å². The third kappa shape index (κ3) is 4.93. The standard InChI is InChI=1S/C21H23N3O6/c25-13-10-22-18-9-8-16(24(28)29)14-17(18)21(27)30-19(15-6-2-1-3-7-15)20(26)23-11-4-5-12-23/h1-3,6-9,14,19,22,25H,4-5,10-13H2/t19-/m1/s1. The minimum absolute atomic E-state index is 0.0761. The first kappa shape index (κ1) is 21.3. The third-order valence-corrected chi connectivity index (χ3v) is 4.83. The summed E-state index contributed by atoms with van der Waals surface area (Å²) in [5, 5.41) is 23.0. The molecule has 2 aromatic rings. The van der Waals surface area contributed by atoms with E-state index in [1.165, 1.54) is 12.1 Å². The van der Waals surface area contributed by atoms with Crippen molar-refractivity contribution in [3.05, 3.63) is 69.8 Å². The average molecular weight is 413 g/mol. The van der Waals surface area contributed by atoms with Crippen molar-refractivity contribution in [2.75, 3.05) is 31.6 Å². The number of nitro groups is 1. The fourth-order valence-electron chi connectivity index (χ4n) is 3.32. The van der Waals surface area contributed by atoms with Gasteiger partial charge in [-0.05, 0) is 18.9 Å². The van der Waals surface area contributed by atoms with Gasteiger partial charge in [-0.2, -0.15) is 0 Å². The number of esters is 1. The number of carbonyl (C=O) groups excluding carboxylic acids is 2. The van der Waals surface area contributed by atoms with Crippen LogP contribution in [-0.4, -0.2) is 53.0 Å². The van der Waals surface area contributed by atoms with E-state index in [1.54, 1.807) is 35.2 Å². The van der Waals surface area contributed by atoms with Gasteiger partial charge in [0, 0.05) is 43.0 Å². The van der Waals surface area contributed by atoms with Gasteiger partial charge in [0.05, 0.1) is 17.1 Å². The van der Waals surface area contributed by atoms with Crippen molar-refractivity contribution in [1.82, 2.24) is 4.90 Å². The molecule has 1 amide bonds. The minimum atomic E-state index is -1.15. The molecule has 2 N–H and O–H groups in total. The van der Waals surface area contributed by atoms with Crippen molar-refractivity contribution in [3.8, 4) is 0 Å². The Morgan fingerprint density at radius 1 is 1.17 bits per heavy atom. The summed E-state index contributed by atoms with van der Waals surface area (Å²) in [6, 6.07) is 12.4. The van der Waals surface area contributed by atoms with Crippen LogP contribution in [0.1, 0.15) is 34.9 Å². The molecule has 9 heteroatoms. The normalized spacial score (nSPS) is 14.2. The quantitative estimate of drug-likeness (QED) is 0.387. The summed E-state index contributed by atoms with van der Waals surface area (Å²) in [5.74, 6) is -1.18. The number of hydrogen-bond donors (Lipinski definition) is 2. The fraction of sp³-hybridized carbons (Fsp3) is 0.333. The Hall–Kier alpha value is -3.46. The summed E-state index contributed by atoms with van der Waals surface area (Å²) in [4.78, 5) is 38.2. The number of aliphatic hydroxyl groups is 1. The lowest BCUT2D eigenvalue weighted by Crippen LogP contribution is -2.35. The highest BCUT2D eigenvalue weighted by Gasteiger charge is 2.32. The predicted octanol–water partition coefficient (Wildman–Crippen LogP) is 2.52. The molecule has 0 spiro atoms. The monoisotopic (exact) mass is 413 g/mol. The van der Waals surface area contributed by atoms with E-state index in [0.717, 1.165) is 18.9 Å². The summed E-state index contributed by atoms with van der Waals surface area (Å²) < 4.78 is 5.60. The molecule has 0 saturated carbocycles. The molecule has 30 heavy (non-hydrogen) atoms. The third-order valence-electron chi connectivity index (χ3n) is 4.83. The number of rotatable bonds is 8. The first-order chi connectivity index (χ1) is 14.5. The number of nitro benzene ring substituents is 1. The number of nitrogens with zero attached hydrogens (tertiary/aromatic N) is 2. The number of benzene rings is 2. The van der Waals surface area contributed by atoms with Crippen molar-refractivity contribution >= 4 is 23.3 Å². The van der Waals surface area contributed by atoms with Crippen LogP contribution in [0, 0.1) is 10.1 Å². The number of hydrogen-bond acceptors (Lipinski definition) is 7. The van der Waals surface area contributed by atoms with E-state index >= 15 is 0 Å². The molecule has 9 nitrogen and oxygen atoms in total. The van der Waals surface area contributed by atoms with Gasteiger partial charge in [0.15, 0.2) is 0 Å². The molecule has 1 saturated heterocycles. The van der Waals surface area contributed by atoms with E-state index in [2.05, 4.69) is 5.32 Å². The molecule has 0 bridgehead atoms. The Morgan fingerprint density at radius 2 is 1.87 bits per heavy atom. The van der Waals surface area contributed by atoms with E-state index in [0.29, 0.717) is 18.7 Å². The first-order valence-electron chi connectivity index (χ1n) is 9.69. The number of amides is 1. The van der Waals surface area contributed by atoms with Gasteiger partial charge < -0.3 is 20.1 Å². The van der Waals surface area contributed by atoms with Crippen LogP contribution in [0.25, 0.3) is 0 Å². The van der Waals surface area contributed by atoms with Crippen LogP contribution in [0.2, 0.25) is 0 Å². The maximum Gasteiger partial charge on any atom is 0.341 e. The molecule has 1 heterocycles. The highest BCUT2D eigenvalue weighted by molar-refractivity contribution is 5.98. The lowest BCUT2D eigenvalue weighted by atomic mass is 10.1. The van der Waals surface area contributed by atoms with Gasteiger partial charge in [0.25, 0.3) is 11.6 Å². The Kier molecular flexibility index (Phi) is 6.97. The maximum absolute atomic E-state index is 13.0. The van der Waals surface area contributed by atoms with E-state index in [-0.39, 0.29) is 36.0 Å². The van der Waals surface area contributed by atoms with Crippen LogP contribution in [0.15, 0.2) is 48.5 Å².